The molecule has 3 aromatic rings. The summed E-state index contributed by atoms with van der Waals surface area (Å²) in [6, 6.07) is 6.92. The van der Waals surface area contributed by atoms with Gasteiger partial charge in [-0.3, -0.25) is 14.4 Å². The number of hydrogen-bond acceptors (Lipinski definition) is 6. The van der Waals surface area contributed by atoms with Crippen molar-refractivity contribution in [1.82, 2.24) is 24.6 Å². The maximum absolute atomic E-state index is 12.6. The van der Waals surface area contributed by atoms with Crippen LogP contribution in [0.2, 0.25) is 5.02 Å². The van der Waals surface area contributed by atoms with E-state index in [1.807, 2.05) is 14.0 Å². The lowest BCUT2D eigenvalue weighted by Gasteiger charge is -2.38. The molecule has 1 aromatic carbocycles. The van der Waals surface area contributed by atoms with Crippen molar-refractivity contribution < 1.29 is 4.79 Å². The molecule has 28 heavy (non-hydrogen) atoms. The fourth-order valence-electron chi connectivity index (χ4n) is 3.47. The number of aryl methyl sites for hydroxylation is 1. The van der Waals surface area contributed by atoms with Crippen LogP contribution in [0.1, 0.15) is 6.92 Å². The zero-order valence-corrected chi connectivity index (χ0v) is 16.6. The Morgan fingerprint density at radius 1 is 1.14 bits per heavy atom. The van der Waals surface area contributed by atoms with Crippen molar-refractivity contribution in [2.24, 2.45) is 7.05 Å². The van der Waals surface area contributed by atoms with Crippen LogP contribution in [0.5, 0.6) is 0 Å². The van der Waals surface area contributed by atoms with Crippen LogP contribution in [0.4, 0.5) is 11.5 Å². The van der Waals surface area contributed by atoms with E-state index in [1.165, 1.54) is 0 Å². The largest absolute Gasteiger partial charge is 0.353 e. The molecule has 1 aliphatic heterocycles. The van der Waals surface area contributed by atoms with E-state index < -0.39 is 0 Å². The first kappa shape index (κ1) is 18.6. The highest BCUT2D eigenvalue weighted by Crippen LogP contribution is 2.23. The molecule has 0 radical (unpaired) electrons. The van der Waals surface area contributed by atoms with Gasteiger partial charge >= 0.3 is 0 Å². The Labute approximate surface area is 168 Å². The van der Waals surface area contributed by atoms with Crippen molar-refractivity contribution >= 4 is 40.0 Å². The summed E-state index contributed by atoms with van der Waals surface area (Å²) in [7, 11) is 1.87. The summed E-state index contributed by atoms with van der Waals surface area (Å²) in [6.45, 7) is 5.08. The van der Waals surface area contributed by atoms with Gasteiger partial charge in [-0.25, -0.2) is 9.97 Å². The SMILES string of the molecule is CC(C(=O)Nc1ccc(Cl)cc1)N1CCN(c2ncnc3c2cnn3C)CC1. The van der Waals surface area contributed by atoms with Gasteiger partial charge in [0.1, 0.15) is 12.1 Å². The molecule has 1 unspecified atom stereocenters. The summed E-state index contributed by atoms with van der Waals surface area (Å²) in [5.41, 5.74) is 1.57. The number of carbonyl (C=O) groups excluding carboxylic acids is 1. The number of halogens is 1. The van der Waals surface area contributed by atoms with Crippen molar-refractivity contribution in [3.05, 3.63) is 41.8 Å². The molecular weight excluding hydrogens is 378 g/mol. The molecule has 1 saturated heterocycles. The number of piperazine rings is 1. The Kier molecular flexibility index (Phi) is 5.15. The van der Waals surface area contributed by atoms with Crippen molar-refractivity contribution in [1.29, 1.82) is 0 Å². The van der Waals surface area contributed by atoms with Crippen molar-refractivity contribution in [3.63, 3.8) is 0 Å². The van der Waals surface area contributed by atoms with Crippen LogP contribution in [-0.4, -0.2) is 62.8 Å². The zero-order valence-electron chi connectivity index (χ0n) is 15.8. The third-order valence-corrected chi connectivity index (χ3v) is 5.41. The van der Waals surface area contributed by atoms with Gasteiger partial charge in [0.2, 0.25) is 5.91 Å². The molecule has 1 atom stereocenters. The minimum atomic E-state index is -0.221. The molecule has 4 rings (SSSR count). The molecule has 8 nitrogen and oxygen atoms in total. The van der Waals surface area contributed by atoms with Gasteiger partial charge in [0.15, 0.2) is 5.65 Å². The predicted octanol–water partition coefficient (Wildman–Crippen LogP) is 2.17. The number of nitrogens with zero attached hydrogens (tertiary/aromatic N) is 6. The first-order chi connectivity index (χ1) is 13.5. The summed E-state index contributed by atoms with van der Waals surface area (Å²) in [5, 5.41) is 8.83. The second-order valence-corrected chi connectivity index (χ2v) is 7.33. The van der Waals surface area contributed by atoms with Crippen LogP contribution in [0.15, 0.2) is 36.8 Å². The van der Waals surface area contributed by atoms with Gasteiger partial charge in [0.05, 0.1) is 17.6 Å². The molecule has 0 bridgehead atoms. The minimum Gasteiger partial charge on any atom is -0.353 e. The monoisotopic (exact) mass is 399 g/mol. The average Bonchev–Trinajstić information content (AvgIpc) is 3.10. The van der Waals surface area contributed by atoms with E-state index in [-0.39, 0.29) is 11.9 Å². The van der Waals surface area contributed by atoms with Crippen LogP contribution in [-0.2, 0) is 11.8 Å². The number of carbonyl (C=O) groups is 1. The maximum atomic E-state index is 12.6. The van der Waals surface area contributed by atoms with Crippen molar-refractivity contribution in [2.75, 3.05) is 36.4 Å². The number of rotatable bonds is 4. The second kappa shape index (κ2) is 7.73. The van der Waals surface area contributed by atoms with Gasteiger partial charge in [-0.15, -0.1) is 0 Å². The Bertz CT molecular complexity index is 980. The number of amides is 1. The molecule has 0 saturated carbocycles. The highest BCUT2D eigenvalue weighted by atomic mass is 35.5. The van der Waals surface area contributed by atoms with Gasteiger partial charge in [0.25, 0.3) is 0 Å². The number of benzene rings is 1. The second-order valence-electron chi connectivity index (χ2n) is 6.90. The highest BCUT2D eigenvalue weighted by molar-refractivity contribution is 6.30. The van der Waals surface area contributed by atoms with Crippen LogP contribution >= 0.6 is 11.6 Å². The lowest BCUT2D eigenvalue weighted by Crippen LogP contribution is -2.53. The number of nitrogens with one attached hydrogen (secondary N) is 1. The summed E-state index contributed by atoms with van der Waals surface area (Å²) < 4.78 is 1.75. The molecule has 9 heteroatoms. The normalized spacial score (nSPS) is 16.3. The molecule has 0 spiro atoms. The molecule has 1 fully saturated rings. The Morgan fingerprint density at radius 2 is 1.86 bits per heavy atom. The van der Waals surface area contributed by atoms with Crippen molar-refractivity contribution in [3.8, 4) is 0 Å². The number of aromatic nitrogens is 4. The summed E-state index contributed by atoms with van der Waals surface area (Å²) in [4.78, 5) is 25.8. The summed E-state index contributed by atoms with van der Waals surface area (Å²) in [5.74, 6) is 0.878. The smallest absolute Gasteiger partial charge is 0.241 e. The Hall–Kier alpha value is -2.71. The molecule has 1 amide bonds. The summed E-state index contributed by atoms with van der Waals surface area (Å²) >= 11 is 5.89. The van der Waals surface area contributed by atoms with E-state index in [9.17, 15) is 4.79 Å². The number of anilines is 2. The lowest BCUT2D eigenvalue weighted by atomic mass is 10.2. The van der Waals surface area contributed by atoms with Gasteiger partial charge in [-0.05, 0) is 31.2 Å². The third-order valence-electron chi connectivity index (χ3n) is 5.16. The first-order valence-corrected chi connectivity index (χ1v) is 9.59. The zero-order chi connectivity index (χ0) is 19.7. The molecule has 2 aromatic heterocycles. The fraction of sp³-hybridized carbons (Fsp3) is 0.368. The van der Waals surface area contributed by atoms with Gasteiger partial charge < -0.3 is 10.2 Å². The molecule has 146 valence electrons. The van der Waals surface area contributed by atoms with Gasteiger partial charge in [0, 0.05) is 43.9 Å². The summed E-state index contributed by atoms with van der Waals surface area (Å²) in [6.07, 6.45) is 3.38. The lowest BCUT2D eigenvalue weighted by molar-refractivity contribution is -0.120. The average molecular weight is 400 g/mol. The maximum Gasteiger partial charge on any atom is 0.241 e. The van der Waals surface area contributed by atoms with E-state index in [0.29, 0.717) is 5.02 Å². The van der Waals surface area contributed by atoms with Crippen LogP contribution in [0.25, 0.3) is 11.0 Å². The third kappa shape index (κ3) is 3.65. The Balaban J connectivity index is 1.39. The fourth-order valence-corrected chi connectivity index (χ4v) is 3.59. The predicted molar refractivity (Wildman–Crippen MR) is 110 cm³/mol. The van der Waals surface area contributed by atoms with E-state index in [1.54, 1.807) is 41.5 Å². The number of hydrogen-bond donors (Lipinski definition) is 1. The molecule has 3 heterocycles. The van der Waals surface area contributed by atoms with Crippen molar-refractivity contribution in [2.45, 2.75) is 13.0 Å². The quantitative estimate of drug-likeness (QED) is 0.724. The van der Waals surface area contributed by atoms with E-state index in [4.69, 9.17) is 11.6 Å². The molecule has 0 aliphatic carbocycles. The van der Waals surface area contributed by atoms with Crippen LogP contribution in [0.3, 0.4) is 0 Å². The Morgan fingerprint density at radius 3 is 2.57 bits per heavy atom. The standard InChI is InChI=1S/C19H22ClN7O/c1-13(19(28)24-15-5-3-14(20)4-6-15)26-7-9-27(10-8-26)18-16-11-23-25(2)17(16)21-12-22-18/h3-6,11-13H,7-10H2,1-2H3,(H,24,28). The molecule has 1 N–H and O–H groups in total. The van der Waals surface area contributed by atoms with E-state index in [0.717, 1.165) is 48.7 Å². The van der Waals surface area contributed by atoms with Gasteiger partial charge in [-0.2, -0.15) is 5.10 Å². The van der Waals surface area contributed by atoms with Crippen LogP contribution < -0.4 is 10.2 Å². The minimum absolute atomic E-state index is 0.0209. The first-order valence-electron chi connectivity index (χ1n) is 9.21. The van der Waals surface area contributed by atoms with E-state index >= 15 is 0 Å². The van der Waals surface area contributed by atoms with Gasteiger partial charge in [-0.1, -0.05) is 11.6 Å². The van der Waals surface area contributed by atoms with E-state index in [2.05, 4.69) is 30.2 Å². The highest BCUT2D eigenvalue weighted by Gasteiger charge is 2.27. The number of fused-ring (bicyclic) bond motifs is 1. The molecule has 1 aliphatic rings. The topological polar surface area (TPSA) is 79.2 Å². The van der Waals surface area contributed by atoms with Crippen LogP contribution in [0, 0.1) is 0 Å². The molecular formula is C19H22ClN7O.